The molecule has 2 unspecified atom stereocenters. The van der Waals surface area contributed by atoms with Gasteiger partial charge >= 0.3 is 0 Å². The van der Waals surface area contributed by atoms with Crippen LogP contribution in [-0.4, -0.2) is 56.2 Å². The van der Waals surface area contributed by atoms with Crippen LogP contribution in [0.1, 0.15) is 0 Å². The van der Waals surface area contributed by atoms with Crippen LogP contribution < -0.4 is 10.5 Å². The predicted molar refractivity (Wildman–Crippen MR) is 150 cm³/mol. The van der Waals surface area contributed by atoms with Crippen molar-refractivity contribution in [3.05, 3.63) is 80.8 Å². The van der Waals surface area contributed by atoms with Gasteiger partial charge in [-0.1, -0.05) is 12.2 Å². The number of anilines is 1. The SMILES string of the molecule is COc1ccc(N)cc1N=Nc1ccc(N=NC2=C(O)C3C(S(=O)(=O)O)=CC(S(=O)(=O)O)=CC3C=C2S(=O)(=O)O)c(O)c1.[Cu]. The molecular formula is C23H21CuN5O12S3. The average Bonchev–Trinajstić information content (AvgIpc) is 2.90. The molecule has 21 heteroatoms. The Kier molecular flexibility index (Phi) is 9.87. The molecule has 7 N–H and O–H groups in total. The van der Waals surface area contributed by atoms with Gasteiger partial charge < -0.3 is 20.7 Å². The van der Waals surface area contributed by atoms with Crippen LogP contribution in [0.2, 0.25) is 0 Å². The van der Waals surface area contributed by atoms with Crippen molar-refractivity contribution in [2.24, 2.45) is 32.3 Å². The molecule has 239 valence electrons. The molecule has 4 rings (SSSR count). The van der Waals surface area contributed by atoms with Crippen molar-refractivity contribution in [1.82, 2.24) is 0 Å². The number of phenols is 1. The Morgan fingerprint density at radius 2 is 1.45 bits per heavy atom. The number of benzene rings is 2. The zero-order valence-electron chi connectivity index (χ0n) is 21.8. The number of methoxy groups -OCH3 is 1. The third-order valence-corrected chi connectivity index (χ3v) is 8.72. The zero-order chi connectivity index (χ0) is 31.9. The summed E-state index contributed by atoms with van der Waals surface area (Å²) in [7, 11) is -14.1. The first-order valence-electron chi connectivity index (χ1n) is 11.5. The average molecular weight is 719 g/mol. The van der Waals surface area contributed by atoms with Gasteiger partial charge in [0.2, 0.25) is 0 Å². The van der Waals surface area contributed by atoms with Crippen molar-refractivity contribution in [2.45, 2.75) is 0 Å². The third kappa shape index (κ3) is 7.39. The number of aliphatic hydroxyl groups excluding tert-OH is 1. The van der Waals surface area contributed by atoms with Gasteiger partial charge in [0.1, 0.15) is 39.2 Å². The van der Waals surface area contributed by atoms with Gasteiger partial charge in [0, 0.05) is 34.7 Å². The number of azo groups is 2. The summed E-state index contributed by atoms with van der Waals surface area (Å²) in [5.41, 5.74) is 5.24. The first-order chi connectivity index (χ1) is 19.9. The molecule has 0 saturated carbocycles. The van der Waals surface area contributed by atoms with Crippen LogP contribution in [0.25, 0.3) is 0 Å². The zero-order valence-corrected chi connectivity index (χ0v) is 25.2. The monoisotopic (exact) mass is 718 g/mol. The molecule has 2 aliphatic carbocycles. The number of ether oxygens (including phenoxy) is 1. The van der Waals surface area contributed by atoms with E-state index < -0.39 is 74.1 Å². The number of nitrogens with zero attached hydrogens (tertiary/aromatic N) is 4. The maximum absolute atomic E-state index is 12.1. The second kappa shape index (κ2) is 12.6. The van der Waals surface area contributed by atoms with Gasteiger partial charge in [0.25, 0.3) is 30.4 Å². The minimum atomic E-state index is -5.25. The van der Waals surface area contributed by atoms with Gasteiger partial charge in [-0.25, -0.2) is 0 Å². The molecule has 0 spiro atoms. The number of rotatable bonds is 8. The van der Waals surface area contributed by atoms with Gasteiger partial charge in [0.05, 0.1) is 28.5 Å². The number of aliphatic hydroxyl groups is 1. The van der Waals surface area contributed by atoms with Crippen LogP contribution in [0.5, 0.6) is 11.5 Å². The van der Waals surface area contributed by atoms with Gasteiger partial charge in [-0.15, -0.1) is 15.3 Å². The normalized spacial score (nSPS) is 19.2. The van der Waals surface area contributed by atoms with Crippen LogP contribution >= 0.6 is 0 Å². The standard InChI is InChI=1S/C23H21N5O12S3.Cu/c1-40-18-5-2-12(24)8-16(18)27-25-13-3-4-15(17(29)9-13)26-28-22-20(43(37,38)39)7-11-6-14(41(31,32)33)10-19(42(34,35)36)21(11)23(22)30;/h2-11,21,29-30H,24H2,1H3,(H,31,32,33)(H,34,35,36)(H,37,38,39);. The number of phenolic OH excluding ortho intramolecular Hbond substituents is 1. The Morgan fingerprint density at radius 1 is 0.795 bits per heavy atom. The molecule has 2 aromatic carbocycles. The number of hydrogen-bond donors (Lipinski definition) is 6. The number of allylic oxidation sites excluding steroid dienone is 4. The summed E-state index contributed by atoms with van der Waals surface area (Å²) in [5.74, 6) is -4.79. The first-order valence-corrected chi connectivity index (χ1v) is 15.8. The molecule has 0 bridgehead atoms. The van der Waals surface area contributed by atoms with Crippen molar-refractivity contribution in [3.63, 3.8) is 0 Å². The number of nitrogens with two attached hydrogens (primary N) is 1. The largest absolute Gasteiger partial charge is 0.509 e. The summed E-state index contributed by atoms with van der Waals surface area (Å²) in [6.07, 6.45) is 1.70. The summed E-state index contributed by atoms with van der Waals surface area (Å²) < 4.78 is 106. The van der Waals surface area contributed by atoms with Crippen molar-refractivity contribution < 1.29 is 70.9 Å². The van der Waals surface area contributed by atoms with Gasteiger partial charge in [-0.2, -0.15) is 30.4 Å². The molecule has 0 fully saturated rings. The molecule has 2 aromatic rings. The van der Waals surface area contributed by atoms with Crippen molar-refractivity contribution in [2.75, 3.05) is 12.8 Å². The molecular weight excluding hydrogens is 698 g/mol. The topological polar surface area (TPSA) is 288 Å². The number of nitrogen functional groups attached to an aromatic ring is 1. The Hall–Kier alpha value is -3.95. The summed E-state index contributed by atoms with van der Waals surface area (Å²) in [6, 6.07) is 8.26. The molecule has 0 aromatic heterocycles. The minimum Gasteiger partial charge on any atom is -0.509 e. The maximum atomic E-state index is 12.1. The van der Waals surface area contributed by atoms with Crippen LogP contribution in [-0.2, 0) is 47.4 Å². The smallest absolute Gasteiger partial charge is 0.296 e. The van der Waals surface area contributed by atoms with E-state index in [1.807, 2.05) is 0 Å². The van der Waals surface area contributed by atoms with Gasteiger partial charge in [-0.05, 0) is 36.4 Å². The number of hydrogen-bond acceptors (Lipinski definition) is 14. The molecule has 1 radical (unpaired) electrons. The molecule has 0 heterocycles. The molecule has 0 aliphatic heterocycles. The molecule has 2 atom stereocenters. The van der Waals surface area contributed by atoms with E-state index in [4.69, 9.17) is 10.5 Å². The van der Waals surface area contributed by atoms with Crippen LogP contribution in [0, 0.1) is 11.8 Å². The molecule has 0 saturated heterocycles. The summed E-state index contributed by atoms with van der Waals surface area (Å²) in [4.78, 5) is -3.27. The molecule has 17 nitrogen and oxygen atoms in total. The van der Waals surface area contributed by atoms with E-state index in [-0.39, 0.29) is 34.1 Å². The van der Waals surface area contributed by atoms with Gasteiger partial charge in [-0.3, -0.25) is 13.7 Å². The van der Waals surface area contributed by atoms with E-state index in [9.17, 15) is 49.1 Å². The van der Waals surface area contributed by atoms with E-state index in [0.29, 0.717) is 29.7 Å². The maximum Gasteiger partial charge on any atom is 0.296 e. The Bertz CT molecular complexity index is 2040. The Balaban J connectivity index is 0.00000529. The van der Waals surface area contributed by atoms with Crippen LogP contribution in [0.3, 0.4) is 0 Å². The fraction of sp³-hybridized carbons (Fsp3) is 0.130. The molecule has 44 heavy (non-hydrogen) atoms. The fourth-order valence-electron chi connectivity index (χ4n) is 4.11. The van der Waals surface area contributed by atoms with E-state index >= 15 is 0 Å². The van der Waals surface area contributed by atoms with Crippen molar-refractivity contribution >= 4 is 53.1 Å². The fourth-order valence-corrected chi connectivity index (χ4v) is 6.37. The second-order valence-electron chi connectivity index (χ2n) is 8.87. The molecule has 2 aliphatic rings. The van der Waals surface area contributed by atoms with E-state index in [2.05, 4.69) is 20.5 Å². The van der Waals surface area contributed by atoms with Crippen molar-refractivity contribution in [3.8, 4) is 11.5 Å². The van der Waals surface area contributed by atoms with E-state index in [0.717, 1.165) is 6.07 Å². The first kappa shape index (κ1) is 34.5. The number of fused-ring (bicyclic) bond motifs is 1. The Labute approximate surface area is 260 Å². The summed E-state index contributed by atoms with van der Waals surface area (Å²) >= 11 is 0. The predicted octanol–water partition coefficient (Wildman–Crippen LogP) is 3.82. The van der Waals surface area contributed by atoms with Crippen LogP contribution in [0.15, 0.2) is 101 Å². The summed E-state index contributed by atoms with van der Waals surface area (Å²) in [6.45, 7) is 0. The molecule has 0 amide bonds. The number of aromatic hydroxyl groups is 1. The second-order valence-corrected chi connectivity index (χ2v) is 13.1. The third-order valence-electron chi connectivity index (χ3n) is 6.01. The summed E-state index contributed by atoms with van der Waals surface area (Å²) in [5, 5.41) is 36.6. The van der Waals surface area contributed by atoms with Crippen LogP contribution in [0.4, 0.5) is 22.7 Å². The minimum absolute atomic E-state index is 0. The van der Waals surface area contributed by atoms with E-state index in [1.165, 1.54) is 25.3 Å². The van der Waals surface area contributed by atoms with Crippen molar-refractivity contribution in [1.29, 1.82) is 0 Å². The van der Waals surface area contributed by atoms with E-state index in [1.54, 1.807) is 12.1 Å². The Morgan fingerprint density at radius 3 is 2.02 bits per heavy atom. The quantitative estimate of drug-likeness (QED) is 0.0980. The van der Waals surface area contributed by atoms with Gasteiger partial charge in [0.15, 0.2) is 0 Å².